The molecule has 0 fully saturated rings. The van der Waals surface area contributed by atoms with Gasteiger partial charge in [0.05, 0.1) is 46.6 Å². The minimum absolute atomic E-state index is 0.922. The monoisotopic (exact) mass is 555 g/mol. The van der Waals surface area contributed by atoms with Gasteiger partial charge in [-0.25, -0.2) is 0 Å². The van der Waals surface area contributed by atoms with Crippen LogP contribution in [0, 0.1) is 0 Å². The van der Waals surface area contributed by atoms with Gasteiger partial charge < -0.3 is 30.9 Å². The summed E-state index contributed by atoms with van der Waals surface area (Å²) in [7, 11) is -3.94. The molecule has 0 saturated carbocycles. The second-order valence-electron chi connectivity index (χ2n) is 8.83. The Morgan fingerprint density at radius 3 is 1.81 bits per heavy atom. The first-order valence-corrected chi connectivity index (χ1v) is 14.2. The van der Waals surface area contributed by atoms with E-state index >= 15 is 0 Å². The quantitative estimate of drug-likeness (QED) is 0.0731. The summed E-state index contributed by atoms with van der Waals surface area (Å²) in [4.78, 5) is 1.90. The molecule has 4 rings (SSSR count). The normalized spacial score (nSPS) is 13.4. The van der Waals surface area contributed by atoms with Gasteiger partial charge in [-0.15, -0.1) is 10.2 Å². The molecule has 5 nitrogen and oxygen atoms in total. The number of halogens is 4. The number of unbranched alkanes of at least 4 members (excludes halogenated alkanes) is 1. The van der Waals surface area contributed by atoms with E-state index in [4.69, 9.17) is 5.10 Å². The van der Waals surface area contributed by atoms with E-state index < -0.39 is 7.25 Å². The Balaban J connectivity index is 0.000000695. The van der Waals surface area contributed by atoms with Gasteiger partial charge in [0.2, 0.25) is 9.60 Å². The van der Waals surface area contributed by atoms with Crippen LogP contribution >= 0.6 is 22.7 Å². The lowest BCUT2D eigenvalue weighted by molar-refractivity contribution is -0.923. The number of hydrogen-bond donors (Lipinski definition) is 0. The molecule has 37 heavy (non-hydrogen) atoms. The average Bonchev–Trinajstić information content (AvgIpc) is 3.39. The molecule has 0 saturated heterocycles. The van der Waals surface area contributed by atoms with Gasteiger partial charge in [0.15, 0.2) is 0 Å². The van der Waals surface area contributed by atoms with Crippen molar-refractivity contribution >= 4 is 50.4 Å². The van der Waals surface area contributed by atoms with Crippen LogP contribution in [0.25, 0.3) is 20.4 Å². The Morgan fingerprint density at radius 2 is 1.24 bits per heavy atom. The minimum Gasteiger partial charge on any atom is -0.418 e. The zero-order valence-electron chi connectivity index (χ0n) is 21.7. The van der Waals surface area contributed by atoms with Crippen LogP contribution in [0.5, 0.6) is 0 Å². The molecule has 0 amide bonds. The smallest absolute Gasteiger partial charge is 0.418 e. The first kappa shape index (κ1) is 29.1. The van der Waals surface area contributed by atoms with Gasteiger partial charge in [-0.05, 0) is 57.9 Å². The molecular weight excluding hydrogens is 521 g/mol. The number of hydrogen-bond acceptors (Lipinski definition) is 4. The lowest BCUT2D eigenvalue weighted by Crippen LogP contribution is -2.48. The summed E-state index contributed by atoms with van der Waals surface area (Å²) < 4.78 is 47.2. The number of quaternary nitrogens is 1. The van der Waals surface area contributed by atoms with Crippen LogP contribution in [0.2, 0.25) is 0 Å². The number of benzene rings is 2. The SMILES string of the molecule is CC[N+](CC)(CC)CCCCn1/c(=N\N=c2\sc3ccccc3n2C)sc2ccccc21.F[B-](F)(F)F. The predicted octanol–water partition coefficient (Wildman–Crippen LogP) is 6.63. The van der Waals surface area contributed by atoms with Crippen LogP contribution < -0.4 is 9.60 Å². The number of thiazole rings is 2. The minimum atomic E-state index is -6.00. The third-order valence-electron chi connectivity index (χ3n) is 6.80. The van der Waals surface area contributed by atoms with Gasteiger partial charge in [-0.1, -0.05) is 46.9 Å². The fraction of sp³-hybridized carbons (Fsp3) is 0.440. The van der Waals surface area contributed by atoms with E-state index in [0.717, 1.165) is 22.6 Å². The second kappa shape index (κ2) is 12.9. The van der Waals surface area contributed by atoms with Crippen molar-refractivity contribution in [3.63, 3.8) is 0 Å². The highest BCUT2D eigenvalue weighted by Crippen LogP contribution is 2.18. The fourth-order valence-corrected chi connectivity index (χ4v) is 6.42. The third-order valence-corrected chi connectivity index (χ3v) is 8.95. The van der Waals surface area contributed by atoms with Gasteiger partial charge in [0.25, 0.3) is 0 Å². The van der Waals surface area contributed by atoms with Crippen LogP contribution in [-0.2, 0) is 13.6 Å². The molecule has 0 N–H and O–H groups in total. The van der Waals surface area contributed by atoms with E-state index in [9.17, 15) is 17.3 Å². The van der Waals surface area contributed by atoms with Crippen molar-refractivity contribution in [2.24, 2.45) is 17.3 Å². The molecule has 0 unspecified atom stereocenters. The summed E-state index contributed by atoms with van der Waals surface area (Å²) in [5.74, 6) is 0. The lowest BCUT2D eigenvalue weighted by Gasteiger charge is -2.35. The Kier molecular flexibility index (Phi) is 10.1. The molecule has 0 aliphatic heterocycles. The summed E-state index contributed by atoms with van der Waals surface area (Å²) in [6.45, 7) is 12.8. The van der Waals surface area contributed by atoms with Crippen molar-refractivity contribution in [3.8, 4) is 0 Å². The first-order chi connectivity index (χ1) is 17.6. The molecule has 2 aromatic carbocycles. The first-order valence-electron chi connectivity index (χ1n) is 12.5. The number of para-hydroxylation sites is 2. The highest BCUT2D eigenvalue weighted by Gasteiger charge is 2.21. The van der Waals surface area contributed by atoms with Gasteiger partial charge in [0.1, 0.15) is 0 Å². The highest BCUT2D eigenvalue weighted by molar-refractivity contribution is 7.16. The molecule has 2 heterocycles. The molecule has 2 aromatic heterocycles. The molecule has 0 bridgehead atoms. The lowest BCUT2D eigenvalue weighted by atomic mass is 10.2. The number of nitrogens with zero attached hydrogens (tertiary/aromatic N) is 5. The van der Waals surface area contributed by atoms with E-state index in [2.05, 4.69) is 90.6 Å². The molecule has 0 radical (unpaired) electrons. The van der Waals surface area contributed by atoms with Crippen molar-refractivity contribution in [3.05, 3.63) is 58.1 Å². The number of aryl methyl sites for hydroxylation is 2. The second-order valence-corrected chi connectivity index (χ2v) is 10.8. The molecule has 202 valence electrons. The van der Waals surface area contributed by atoms with Crippen molar-refractivity contribution in [1.82, 2.24) is 9.13 Å². The van der Waals surface area contributed by atoms with Gasteiger partial charge in [0, 0.05) is 13.6 Å². The third kappa shape index (κ3) is 7.78. The van der Waals surface area contributed by atoms with Gasteiger partial charge >= 0.3 is 7.25 Å². The van der Waals surface area contributed by atoms with Crippen molar-refractivity contribution in [1.29, 1.82) is 0 Å². The Bertz CT molecular complexity index is 1420. The maximum absolute atomic E-state index is 9.75. The Labute approximate surface area is 222 Å². The standard InChI is InChI=1S/C25H34N5S2.BF4/c1-5-30(6-2,7-3)19-13-12-18-29-21-15-9-11-17-23(21)32-25(29)27-26-24-28(4)20-14-8-10-16-22(20)31-24;2-1(3,4)5/h8-11,14-17H,5-7,12-13,18-19H2,1-4H3;/q+1;-1/b26-24+,27-25+;. The zero-order valence-corrected chi connectivity index (χ0v) is 23.3. The summed E-state index contributed by atoms with van der Waals surface area (Å²) >= 11 is 3.41. The van der Waals surface area contributed by atoms with Crippen LogP contribution in [-0.4, -0.2) is 47.1 Å². The van der Waals surface area contributed by atoms with Gasteiger partial charge in [-0.3, -0.25) is 0 Å². The van der Waals surface area contributed by atoms with E-state index in [1.54, 1.807) is 22.7 Å². The maximum Gasteiger partial charge on any atom is 0.673 e. The summed E-state index contributed by atoms with van der Waals surface area (Å²) in [5, 5.41) is 9.41. The zero-order chi connectivity index (χ0) is 27.1. The predicted molar refractivity (Wildman–Crippen MR) is 148 cm³/mol. The van der Waals surface area contributed by atoms with E-state index in [1.165, 1.54) is 57.5 Å². The van der Waals surface area contributed by atoms with Crippen LogP contribution in [0.15, 0.2) is 58.7 Å². The molecule has 0 spiro atoms. The van der Waals surface area contributed by atoms with Crippen molar-refractivity contribution in [2.75, 3.05) is 26.2 Å². The summed E-state index contributed by atoms with van der Waals surface area (Å²) in [6.07, 6.45) is 2.39. The topological polar surface area (TPSA) is 34.6 Å². The number of rotatable bonds is 9. The maximum atomic E-state index is 9.75. The molecule has 0 atom stereocenters. The summed E-state index contributed by atoms with van der Waals surface area (Å²) in [5.41, 5.74) is 2.45. The largest absolute Gasteiger partial charge is 0.673 e. The van der Waals surface area contributed by atoms with Crippen LogP contribution in [0.1, 0.15) is 33.6 Å². The van der Waals surface area contributed by atoms with E-state index in [0.29, 0.717) is 0 Å². The highest BCUT2D eigenvalue weighted by atomic mass is 32.1. The summed E-state index contributed by atoms with van der Waals surface area (Å²) in [6, 6.07) is 17.0. The molecule has 4 aromatic rings. The average molecular weight is 556 g/mol. The molecule has 12 heteroatoms. The van der Waals surface area contributed by atoms with Crippen LogP contribution in [0.4, 0.5) is 17.3 Å². The molecular formula is C25H34BF4N5S2. The van der Waals surface area contributed by atoms with Gasteiger partial charge in [-0.2, -0.15) is 0 Å². The number of fused-ring (bicyclic) bond motifs is 2. The molecule has 0 aliphatic carbocycles. The number of aromatic nitrogens is 2. The van der Waals surface area contributed by atoms with E-state index in [-0.39, 0.29) is 0 Å². The Hall–Kier alpha value is -2.44. The van der Waals surface area contributed by atoms with Crippen LogP contribution in [0.3, 0.4) is 0 Å². The van der Waals surface area contributed by atoms with Crippen molar-refractivity contribution < 1.29 is 21.7 Å². The fourth-order valence-electron chi connectivity index (χ4n) is 4.44. The Morgan fingerprint density at radius 1 is 0.757 bits per heavy atom. The molecule has 0 aliphatic rings. The van der Waals surface area contributed by atoms with Crippen molar-refractivity contribution in [2.45, 2.75) is 40.2 Å². The van der Waals surface area contributed by atoms with E-state index in [1.807, 2.05) is 0 Å².